The Kier molecular flexibility index (Phi) is 4.95. The summed E-state index contributed by atoms with van der Waals surface area (Å²) in [6.07, 6.45) is 3.28. The standard InChI is InChI=1S/C19H17NO/c1-20(2)18-12-8-17(9-13-18)11-15-19(21)14-10-16-6-4-3-5-7-16/h3-9,11-13,15H,1-2H3/b15-11+. The molecule has 0 unspecified atom stereocenters. The minimum Gasteiger partial charge on any atom is -0.378 e. The molecule has 0 heterocycles. The molecular weight excluding hydrogens is 258 g/mol. The van der Waals surface area contributed by atoms with Gasteiger partial charge in [0.05, 0.1) is 0 Å². The van der Waals surface area contributed by atoms with Gasteiger partial charge in [0.1, 0.15) is 0 Å². The summed E-state index contributed by atoms with van der Waals surface area (Å²) in [4.78, 5) is 13.7. The predicted octanol–water partition coefficient (Wildman–Crippen LogP) is 3.39. The molecular formula is C19H17NO. The van der Waals surface area contributed by atoms with Crippen LogP contribution in [0.4, 0.5) is 5.69 Å². The quantitative estimate of drug-likeness (QED) is 0.632. The Morgan fingerprint density at radius 1 is 1.00 bits per heavy atom. The number of hydrogen-bond acceptors (Lipinski definition) is 2. The highest BCUT2D eigenvalue weighted by Crippen LogP contribution is 2.13. The molecule has 2 aromatic rings. The number of anilines is 1. The lowest BCUT2D eigenvalue weighted by Gasteiger charge is -2.11. The van der Waals surface area contributed by atoms with Crippen LogP contribution in [0.3, 0.4) is 0 Å². The third-order valence-corrected chi connectivity index (χ3v) is 2.94. The van der Waals surface area contributed by atoms with E-state index in [4.69, 9.17) is 0 Å². The Morgan fingerprint density at radius 2 is 1.67 bits per heavy atom. The van der Waals surface area contributed by atoms with Crippen molar-refractivity contribution in [1.82, 2.24) is 0 Å². The maximum atomic E-state index is 11.7. The molecule has 0 spiro atoms. The summed E-state index contributed by atoms with van der Waals surface area (Å²) in [6, 6.07) is 17.5. The first-order valence-corrected chi connectivity index (χ1v) is 6.71. The van der Waals surface area contributed by atoms with E-state index >= 15 is 0 Å². The van der Waals surface area contributed by atoms with Crippen LogP contribution in [-0.4, -0.2) is 19.9 Å². The van der Waals surface area contributed by atoms with Gasteiger partial charge >= 0.3 is 0 Å². The monoisotopic (exact) mass is 275 g/mol. The summed E-state index contributed by atoms with van der Waals surface area (Å²) in [6.45, 7) is 0. The van der Waals surface area contributed by atoms with E-state index in [1.807, 2.05) is 73.6 Å². The molecule has 0 aliphatic rings. The van der Waals surface area contributed by atoms with Crippen molar-refractivity contribution in [2.24, 2.45) is 0 Å². The highest BCUT2D eigenvalue weighted by Gasteiger charge is 1.94. The second kappa shape index (κ2) is 7.12. The molecule has 104 valence electrons. The van der Waals surface area contributed by atoms with Crippen LogP contribution in [-0.2, 0) is 4.79 Å². The largest absolute Gasteiger partial charge is 0.378 e. The molecule has 0 fully saturated rings. The van der Waals surface area contributed by atoms with Crippen LogP contribution in [0.15, 0.2) is 60.7 Å². The average molecular weight is 275 g/mol. The Balaban J connectivity index is 2.01. The number of hydrogen-bond donors (Lipinski definition) is 0. The van der Waals surface area contributed by atoms with Gasteiger partial charge in [-0.2, -0.15) is 0 Å². The lowest BCUT2D eigenvalue weighted by atomic mass is 10.1. The maximum absolute atomic E-state index is 11.7. The van der Waals surface area contributed by atoms with Gasteiger partial charge in [-0.25, -0.2) is 0 Å². The Hall–Kier alpha value is -2.79. The molecule has 0 saturated heterocycles. The van der Waals surface area contributed by atoms with Crippen molar-refractivity contribution in [1.29, 1.82) is 0 Å². The van der Waals surface area contributed by atoms with Crippen LogP contribution in [0.25, 0.3) is 6.08 Å². The number of rotatable bonds is 3. The van der Waals surface area contributed by atoms with E-state index in [0.717, 1.165) is 16.8 Å². The third-order valence-electron chi connectivity index (χ3n) is 2.94. The van der Waals surface area contributed by atoms with Crippen molar-refractivity contribution in [3.8, 4) is 11.8 Å². The minimum absolute atomic E-state index is 0.199. The van der Waals surface area contributed by atoms with E-state index < -0.39 is 0 Å². The molecule has 0 aromatic heterocycles. The molecule has 0 radical (unpaired) electrons. The zero-order valence-electron chi connectivity index (χ0n) is 12.2. The molecule has 0 aliphatic heterocycles. The Labute approximate surface area is 125 Å². The molecule has 0 saturated carbocycles. The smallest absolute Gasteiger partial charge is 0.229 e. The van der Waals surface area contributed by atoms with Gasteiger partial charge in [-0.05, 0) is 41.8 Å². The van der Waals surface area contributed by atoms with E-state index in [1.165, 1.54) is 6.08 Å². The van der Waals surface area contributed by atoms with Gasteiger partial charge in [-0.3, -0.25) is 4.79 Å². The topological polar surface area (TPSA) is 20.3 Å². The highest BCUT2D eigenvalue weighted by atomic mass is 16.1. The summed E-state index contributed by atoms with van der Waals surface area (Å²) in [7, 11) is 3.99. The normalized spacial score (nSPS) is 10.0. The first-order chi connectivity index (χ1) is 10.1. The SMILES string of the molecule is CN(C)c1ccc(/C=C/C(=O)C#Cc2ccccc2)cc1. The first kappa shape index (κ1) is 14.6. The Morgan fingerprint density at radius 3 is 2.29 bits per heavy atom. The predicted molar refractivity (Wildman–Crippen MR) is 88.1 cm³/mol. The lowest BCUT2D eigenvalue weighted by Crippen LogP contribution is -2.07. The molecule has 2 heteroatoms. The fourth-order valence-electron chi connectivity index (χ4n) is 1.75. The highest BCUT2D eigenvalue weighted by molar-refractivity contribution is 6.06. The number of benzene rings is 2. The van der Waals surface area contributed by atoms with E-state index in [-0.39, 0.29) is 5.78 Å². The Bertz CT molecular complexity index is 686. The molecule has 0 aliphatic carbocycles. The minimum atomic E-state index is -0.199. The lowest BCUT2D eigenvalue weighted by molar-refractivity contribution is -0.109. The van der Waals surface area contributed by atoms with Crippen LogP contribution in [0.5, 0.6) is 0 Å². The molecule has 0 amide bonds. The van der Waals surface area contributed by atoms with Crippen LogP contribution >= 0.6 is 0 Å². The number of ketones is 1. The van der Waals surface area contributed by atoms with Crippen molar-refractivity contribution in [2.75, 3.05) is 19.0 Å². The van der Waals surface area contributed by atoms with E-state index in [9.17, 15) is 4.79 Å². The maximum Gasteiger partial charge on any atom is 0.229 e. The summed E-state index contributed by atoms with van der Waals surface area (Å²) in [5, 5.41) is 0. The van der Waals surface area contributed by atoms with E-state index in [0.29, 0.717) is 0 Å². The van der Waals surface area contributed by atoms with Crippen LogP contribution in [0.1, 0.15) is 11.1 Å². The molecule has 0 N–H and O–H groups in total. The molecule has 2 nitrogen and oxygen atoms in total. The summed E-state index contributed by atoms with van der Waals surface area (Å²) < 4.78 is 0. The summed E-state index contributed by atoms with van der Waals surface area (Å²) in [5.41, 5.74) is 2.95. The van der Waals surface area contributed by atoms with Gasteiger partial charge in [0, 0.05) is 25.3 Å². The van der Waals surface area contributed by atoms with Gasteiger partial charge in [0.15, 0.2) is 0 Å². The zero-order chi connectivity index (χ0) is 15.1. The second-order valence-electron chi connectivity index (χ2n) is 4.80. The van der Waals surface area contributed by atoms with Gasteiger partial charge in [-0.15, -0.1) is 0 Å². The van der Waals surface area contributed by atoms with Crippen LogP contribution in [0.2, 0.25) is 0 Å². The van der Waals surface area contributed by atoms with Crippen LogP contribution < -0.4 is 4.90 Å². The first-order valence-electron chi connectivity index (χ1n) is 6.71. The van der Waals surface area contributed by atoms with Crippen molar-refractivity contribution < 1.29 is 4.79 Å². The van der Waals surface area contributed by atoms with Gasteiger partial charge < -0.3 is 4.90 Å². The molecule has 0 atom stereocenters. The number of nitrogens with zero attached hydrogens (tertiary/aromatic N) is 1. The number of carbonyl (C=O) groups excluding carboxylic acids is 1. The average Bonchev–Trinajstić information content (AvgIpc) is 2.52. The van der Waals surface area contributed by atoms with Gasteiger partial charge in [0.2, 0.25) is 5.78 Å². The van der Waals surface area contributed by atoms with Crippen LogP contribution in [0, 0.1) is 11.8 Å². The van der Waals surface area contributed by atoms with Crippen molar-refractivity contribution >= 4 is 17.5 Å². The van der Waals surface area contributed by atoms with Crippen molar-refractivity contribution in [2.45, 2.75) is 0 Å². The fraction of sp³-hybridized carbons (Fsp3) is 0.105. The molecule has 21 heavy (non-hydrogen) atoms. The number of carbonyl (C=O) groups is 1. The second-order valence-corrected chi connectivity index (χ2v) is 4.80. The van der Waals surface area contributed by atoms with Gasteiger partial charge in [-0.1, -0.05) is 42.3 Å². The van der Waals surface area contributed by atoms with Crippen molar-refractivity contribution in [3.05, 3.63) is 71.8 Å². The number of allylic oxidation sites excluding steroid dienone is 1. The fourth-order valence-corrected chi connectivity index (χ4v) is 1.75. The van der Waals surface area contributed by atoms with E-state index in [1.54, 1.807) is 6.08 Å². The summed E-state index contributed by atoms with van der Waals surface area (Å²) >= 11 is 0. The summed E-state index contributed by atoms with van der Waals surface area (Å²) in [5.74, 6) is 5.26. The zero-order valence-corrected chi connectivity index (χ0v) is 12.2. The van der Waals surface area contributed by atoms with E-state index in [2.05, 4.69) is 11.8 Å². The van der Waals surface area contributed by atoms with Gasteiger partial charge in [0.25, 0.3) is 0 Å². The molecule has 2 rings (SSSR count). The molecule has 2 aromatic carbocycles. The van der Waals surface area contributed by atoms with Crippen molar-refractivity contribution in [3.63, 3.8) is 0 Å². The third kappa shape index (κ3) is 4.67. The molecule has 0 bridgehead atoms.